The normalized spacial score (nSPS) is 29.6. The third kappa shape index (κ3) is 2.44. The van der Waals surface area contributed by atoms with Crippen LogP contribution in [0.1, 0.15) is 17.7 Å². The van der Waals surface area contributed by atoms with Crippen molar-refractivity contribution >= 4 is 17.7 Å². The van der Waals surface area contributed by atoms with Gasteiger partial charge in [0.2, 0.25) is 5.91 Å². The molecule has 2 aliphatic rings. The third-order valence-corrected chi connectivity index (χ3v) is 4.40. The van der Waals surface area contributed by atoms with Crippen LogP contribution in [0, 0.1) is 37.5 Å². The van der Waals surface area contributed by atoms with Gasteiger partial charge in [-0.2, -0.15) is 0 Å². The fourth-order valence-corrected chi connectivity index (χ4v) is 3.63. The van der Waals surface area contributed by atoms with Crippen LogP contribution in [0.3, 0.4) is 0 Å². The van der Waals surface area contributed by atoms with Gasteiger partial charge >= 0.3 is 5.97 Å². The number of carbonyl (C=O) groups excluding carboxylic acids is 1. The number of aromatic nitrogens is 1. The molecule has 1 aromatic heterocycles. The van der Waals surface area contributed by atoms with Gasteiger partial charge in [-0.1, -0.05) is 12.2 Å². The summed E-state index contributed by atoms with van der Waals surface area (Å²) in [5.41, 5.74) is 1.84. The van der Waals surface area contributed by atoms with E-state index in [9.17, 15) is 14.7 Å². The maximum Gasteiger partial charge on any atom is 0.307 e. The highest BCUT2D eigenvalue weighted by atomic mass is 16.4. The summed E-state index contributed by atoms with van der Waals surface area (Å²) in [6.45, 7) is 3.80. The van der Waals surface area contributed by atoms with Crippen molar-refractivity contribution in [1.29, 1.82) is 0 Å². The van der Waals surface area contributed by atoms with Gasteiger partial charge in [-0.05, 0) is 49.8 Å². The molecule has 110 valence electrons. The van der Waals surface area contributed by atoms with Crippen molar-refractivity contribution in [3.8, 4) is 0 Å². The molecule has 2 N–H and O–H groups in total. The Hall–Kier alpha value is -2.17. The molecule has 0 saturated heterocycles. The van der Waals surface area contributed by atoms with Gasteiger partial charge in [0.15, 0.2) is 0 Å². The Morgan fingerprint density at radius 2 is 1.86 bits per heavy atom. The molecule has 0 spiro atoms. The average Bonchev–Trinajstić information content (AvgIpc) is 2.96. The molecule has 1 fully saturated rings. The van der Waals surface area contributed by atoms with E-state index in [0.29, 0.717) is 5.82 Å². The molecule has 5 nitrogen and oxygen atoms in total. The molecule has 0 aliphatic heterocycles. The number of aryl methyl sites for hydroxylation is 2. The van der Waals surface area contributed by atoms with Gasteiger partial charge < -0.3 is 10.4 Å². The molecule has 21 heavy (non-hydrogen) atoms. The quantitative estimate of drug-likeness (QED) is 0.834. The van der Waals surface area contributed by atoms with Crippen LogP contribution in [0.4, 0.5) is 5.82 Å². The van der Waals surface area contributed by atoms with Gasteiger partial charge in [0.1, 0.15) is 5.82 Å². The lowest BCUT2D eigenvalue weighted by Crippen LogP contribution is -2.36. The molecular formula is C16H18N2O3. The molecular weight excluding hydrogens is 268 g/mol. The van der Waals surface area contributed by atoms with E-state index in [1.807, 2.05) is 32.1 Å². The minimum Gasteiger partial charge on any atom is -0.481 e. The van der Waals surface area contributed by atoms with Gasteiger partial charge in [0, 0.05) is 5.69 Å². The number of amides is 1. The molecule has 4 unspecified atom stereocenters. The van der Waals surface area contributed by atoms with Gasteiger partial charge in [0.05, 0.1) is 11.8 Å². The number of fused-ring (bicyclic) bond motifs is 2. The van der Waals surface area contributed by atoms with Gasteiger partial charge in [0.25, 0.3) is 0 Å². The standard InChI is InChI=1S/C16H18N2O3/c1-8-5-9(2)17-12(6-8)18-15(19)13-10-3-4-11(7-10)14(13)16(20)21/h3-6,10-11,13-14H,7H2,1-2H3,(H,20,21)(H,17,18,19). The fourth-order valence-electron chi connectivity index (χ4n) is 3.63. The molecule has 0 radical (unpaired) electrons. The number of nitrogens with zero attached hydrogens (tertiary/aromatic N) is 1. The highest BCUT2D eigenvalue weighted by Crippen LogP contribution is 2.48. The van der Waals surface area contributed by atoms with Crippen LogP contribution in [0.2, 0.25) is 0 Å². The number of rotatable bonds is 3. The molecule has 0 aromatic carbocycles. The highest BCUT2D eigenvalue weighted by Gasteiger charge is 2.51. The van der Waals surface area contributed by atoms with E-state index in [1.165, 1.54) is 0 Å². The predicted octanol–water partition coefficient (Wildman–Crippen LogP) is 2.16. The fraction of sp³-hybridized carbons (Fsp3) is 0.438. The highest BCUT2D eigenvalue weighted by molar-refractivity contribution is 5.95. The Bertz CT molecular complexity index is 618. The van der Waals surface area contributed by atoms with Crippen LogP contribution in [0.5, 0.6) is 0 Å². The van der Waals surface area contributed by atoms with Crippen molar-refractivity contribution in [1.82, 2.24) is 4.98 Å². The zero-order valence-electron chi connectivity index (χ0n) is 12.0. The first-order valence-corrected chi connectivity index (χ1v) is 7.13. The average molecular weight is 286 g/mol. The molecule has 1 saturated carbocycles. The summed E-state index contributed by atoms with van der Waals surface area (Å²) in [6.07, 6.45) is 4.67. The van der Waals surface area contributed by atoms with Crippen LogP contribution in [0.15, 0.2) is 24.3 Å². The summed E-state index contributed by atoms with van der Waals surface area (Å²) >= 11 is 0. The van der Waals surface area contributed by atoms with Crippen LogP contribution < -0.4 is 5.32 Å². The van der Waals surface area contributed by atoms with Crippen LogP contribution in [-0.4, -0.2) is 22.0 Å². The second kappa shape index (κ2) is 4.98. The summed E-state index contributed by atoms with van der Waals surface area (Å²) in [7, 11) is 0. The van der Waals surface area contributed by atoms with Gasteiger partial charge in [-0.15, -0.1) is 0 Å². The smallest absolute Gasteiger partial charge is 0.307 e. The number of carboxylic acid groups (broad SMARTS) is 1. The zero-order valence-corrected chi connectivity index (χ0v) is 12.0. The largest absolute Gasteiger partial charge is 0.481 e. The van der Waals surface area contributed by atoms with Gasteiger partial charge in [-0.3, -0.25) is 9.59 Å². The number of hydrogen-bond donors (Lipinski definition) is 2. The van der Waals surface area contributed by atoms with Crippen molar-refractivity contribution in [3.63, 3.8) is 0 Å². The molecule has 5 heteroatoms. The molecule has 2 bridgehead atoms. The van der Waals surface area contributed by atoms with Gasteiger partial charge in [-0.25, -0.2) is 4.98 Å². The molecule has 1 amide bonds. The molecule has 1 heterocycles. The van der Waals surface area contributed by atoms with E-state index >= 15 is 0 Å². The van der Waals surface area contributed by atoms with Crippen molar-refractivity contribution in [2.45, 2.75) is 20.3 Å². The zero-order chi connectivity index (χ0) is 15.1. The maximum atomic E-state index is 12.5. The molecule has 4 atom stereocenters. The summed E-state index contributed by atoms with van der Waals surface area (Å²) in [5.74, 6) is -1.74. The minimum absolute atomic E-state index is 0.0181. The number of carboxylic acids is 1. The number of anilines is 1. The van der Waals surface area contributed by atoms with Crippen LogP contribution in [-0.2, 0) is 9.59 Å². The summed E-state index contributed by atoms with van der Waals surface area (Å²) in [6, 6.07) is 3.72. The molecule has 1 aromatic rings. The number of allylic oxidation sites excluding steroid dienone is 2. The predicted molar refractivity (Wildman–Crippen MR) is 77.7 cm³/mol. The first-order chi connectivity index (χ1) is 9.95. The second-order valence-corrected chi connectivity index (χ2v) is 6.00. The number of nitrogens with one attached hydrogen (secondary N) is 1. The molecule has 3 rings (SSSR count). The summed E-state index contributed by atoms with van der Waals surface area (Å²) in [4.78, 5) is 28.2. The van der Waals surface area contributed by atoms with E-state index in [2.05, 4.69) is 10.3 Å². The number of pyridine rings is 1. The topological polar surface area (TPSA) is 79.3 Å². The van der Waals surface area contributed by atoms with Crippen molar-refractivity contribution in [2.24, 2.45) is 23.7 Å². The summed E-state index contributed by atoms with van der Waals surface area (Å²) < 4.78 is 0. The lowest BCUT2D eigenvalue weighted by molar-refractivity contribution is -0.146. The van der Waals surface area contributed by atoms with Crippen LogP contribution >= 0.6 is 0 Å². The Kier molecular flexibility index (Phi) is 3.27. The van der Waals surface area contributed by atoms with E-state index in [1.54, 1.807) is 6.07 Å². The Morgan fingerprint density at radius 3 is 2.48 bits per heavy atom. The van der Waals surface area contributed by atoms with Crippen molar-refractivity contribution in [3.05, 3.63) is 35.5 Å². The number of hydrogen-bond acceptors (Lipinski definition) is 3. The molecule has 2 aliphatic carbocycles. The Balaban J connectivity index is 1.82. The van der Waals surface area contributed by atoms with Crippen molar-refractivity contribution < 1.29 is 14.7 Å². The van der Waals surface area contributed by atoms with Crippen molar-refractivity contribution in [2.75, 3.05) is 5.32 Å². The van der Waals surface area contributed by atoms with E-state index in [0.717, 1.165) is 17.7 Å². The van der Waals surface area contributed by atoms with Crippen LogP contribution in [0.25, 0.3) is 0 Å². The van der Waals surface area contributed by atoms with E-state index in [-0.39, 0.29) is 17.7 Å². The third-order valence-electron chi connectivity index (χ3n) is 4.40. The lowest BCUT2D eigenvalue weighted by atomic mass is 9.82. The first-order valence-electron chi connectivity index (χ1n) is 7.13. The summed E-state index contributed by atoms with van der Waals surface area (Å²) in [5, 5.41) is 12.2. The van der Waals surface area contributed by atoms with E-state index in [4.69, 9.17) is 0 Å². The minimum atomic E-state index is -0.889. The first kappa shape index (κ1) is 13.8. The lowest BCUT2D eigenvalue weighted by Gasteiger charge is -2.23. The Morgan fingerprint density at radius 1 is 1.19 bits per heavy atom. The Labute approximate surface area is 123 Å². The maximum absolute atomic E-state index is 12.5. The number of aliphatic carboxylic acids is 1. The monoisotopic (exact) mass is 286 g/mol. The number of carbonyl (C=O) groups is 2. The SMILES string of the molecule is Cc1cc(C)nc(NC(=O)C2C3C=CC(C3)C2C(=O)O)c1. The van der Waals surface area contributed by atoms with E-state index < -0.39 is 17.8 Å². The second-order valence-electron chi connectivity index (χ2n) is 6.00.